The molecule has 0 amide bonds. The monoisotopic (exact) mass is 413 g/mol. The Morgan fingerprint density at radius 2 is 1.73 bits per heavy atom. The Kier molecular flexibility index (Phi) is 4.99. The summed E-state index contributed by atoms with van der Waals surface area (Å²) in [6.07, 6.45) is -2.73. The minimum absolute atomic E-state index is 0.454. The summed E-state index contributed by atoms with van der Waals surface area (Å²) in [7, 11) is 3.12. The number of methoxy groups -OCH3 is 2. The maximum atomic E-state index is 13.0. The second-order valence-electron chi connectivity index (χ2n) is 6.61. The first kappa shape index (κ1) is 19.6. The number of benzene rings is 2. The molecule has 0 saturated heterocycles. The zero-order chi connectivity index (χ0) is 21.3. The Morgan fingerprint density at radius 3 is 2.47 bits per heavy atom. The second-order valence-corrected chi connectivity index (χ2v) is 6.61. The predicted molar refractivity (Wildman–Crippen MR) is 109 cm³/mol. The van der Waals surface area contributed by atoms with Crippen LogP contribution in [0.2, 0.25) is 0 Å². The Labute approximate surface area is 170 Å². The lowest BCUT2D eigenvalue weighted by atomic mass is 10.1. The maximum absolute atomic E-state index is 13.0. The van der Waals surface area contributed by atoms with Gasteiger partial charge in [-0.15, -0.1) is 0 Å². The number of pyridine rings is 1. The molecule has 154 valence electrons. The van der Waals surface area contributed by atoms with Crippen LogP contribution in [0.4, 0.5) is 24.7 Å². The van der Waals surface area contributed by atoms with Gasteiger partial charge in [0, 0.05) is 35.1 Å². The molecule has 2 aromatic carbocycles. The fraction of sp³-hybridized carbons (Fsp3) is 0.136. The molecule has 8 heteroatoms. The zero-order valence-electron chi connectivity index (χ0n) is 16.2. The Bertz CT molecular complexity index is 1200. The summed E-state index contributed by atoms with van der Waals surface area (Å²) in [5.41, 5.74) is 1.86. The van der Waals surface area contributed by atoms with Gasteiger partial charge in [-0.25, -0.2) is 4.98 Å². The molecular weight excluding hydrogens is 395 g/mol. The molecule has 0 atom stereocenters. The number of alkyl halides is 3. The largest absolute Gasteiger partial charge is 0.493 e. The van der Waals surface area contributed by atoms with Gasteiger partial charge in [-0.05, 0) is 35.9 Å². The Hall–Kier alpha value is -3.68. The van der Waals surface area contributed by atoms with Crippen molar-refractivity contribution in [1.29, 1.82) is 0 Å². The van der Waals surface area contributed by atoms with Crippen molar-refractivity contribution in [1.82, 2.24) is 9.97 Å². The number of halogens is 3. The Balaban J connectivity index is 1.63. The van der Waals surface area contributed by atoms with Gasteiger partial charge in [0.05, 0.1) is 25.3 Å². The van der Waals surface area contributed by atoms with Crippen LogP contribution in [-0.2, 0) is 6.18 Å². The Morgan fingerprint density at radius 1 is 0.933 bits per heavy atom. The van der Waals surface area contributed by atoms with Crippen LogP contribution in [0.5, 0.6) is 11.5 Å². The quantitative estimate of drug-likeness (QED) is 0.421. The zero-order valence-corrected chi connectivity index (χ0v) is 16.2. The molecule has 0 saturated carbocycles. The average molecular weight is 413 g/mol. The van der Waals surface area contributed by atoms with Crippen molar-refractivity contribution in [3.8, 4) is 22.8 Å². The molecule has 0 spiro atoms. The molecule has 0 aliphatic heterocycles. The lowest BCUT2D eigenvalue weighted by Crippen LogP contribution is -2.04. The van der Waals surface area contributed by atoms with Gasteiger partial charge < -0.3 is 19.8 Å². The number of anilines is 2. The molecule has 4 aromatic rings. The topological polar surface area (TPSA) is 59.2 Å². The fourth-order valence-electron chi connectivity index (χ4n) is 3.17. The first-order chi connectivity index (χ1) is 14.4. The van der Waals surface area contributed by atoms with Crippen LogP contribution in [0.15, 0.2) is 60.8 Å². The van der Waals surface area contributed by atoms with Gasteiger partial charge in [-0.2, -0.15) is 13.2 Å². The highest BCUT2D eigenvalue weighted by Gasteiger charge is 2.30. The summed E-state index contributed by atoms with van der Waals surface area (Å²) in [6, 6.07) is 14.2. The number of nitrogens with zero attached hydrogens (tertiary/aromatic N) is 1. The number of aromatic amines is 1. The third kappa shape index (κ3) is 3.89. The smallest absolute Gasteiger partial charge is 0.416 e. The lowest BCUT2D eigenvalue weighted by molar-refractivity contribution is -0.137. The summed E-state index contributed by atoms with van der Waals surface area (Å²) >= 11 is 0. The molecule has 0 aliphatic carbocycles. The van der Waals surface area contributed by atoms with E-state index in [1.54, 1.807) is 50.7 Å². The lowest BCUT2D eigenvalue weighted by Gasteiger charge is -2.10. The first-order valence-corrected chi connectivity index (χ1v) is 9.03. The van der Waals surface area contributed by atoms with Crippen LogP contribution in [0.1, 0.15) is 5.56 Å². The normalized spacial score (nSPS) is 11.5. The van der Waals surface area contributed by atoms with Crippen molar-refractivity contribution in [2.45, 2.75) is 6.18 Å². The van der Waals surface area contributed by atoms with Crippen LogP contribution < -0.4 is 14.8 Å². The first-order valence-electron chi connectivity index (χ1n) is 9.03. The molecule has 2 heterocycles. The van der Waals surface area contributed by atoms with Gasteiger partial charge in [0.15, 0.2) is 11.5 Å². The van der Waals surface area contributed by atoms with Crippen LogP contribution in [0.25, 0.3) is 22.2 Å². The van der Waals surface area contributed by atoms with Crippen LogP contribution >= 0.6 is 0 Å². The molecule has 0 bridgehead atoms. The molecular formula is C22H18F3N3O2. The predicted octanol–water partition coefficient (Wildman–Crippen LogP) is 6.01. The fourth-order valence-corrected chi connectivity index (χ4v) is 3.17. The number of H-pyrrole nitrogens is 1. The van der Waals surface area contributed by atoms with E-state index in [1.807, 2.05) is 6.07 Å². The number of aromatic nitrogens is 2. The van der Waals surface area contributed by atoms with Crippen LogP contribution in [0.3, 0.4) is 0 Å². The molecule has 30 heavy (non-hydrogen) atoms. The van der Waals surface area contributed by atoms with Crippen LogP contribution in [0, 0.1) is 0 Å². The molecule has 4 rings (SSSR count). The highest BCUT2D eigenvalue weighted by molar-refractivity contribution is 5.87. The highest BCUT2D eigenvalue weighted by Crippen LogP contribution is 2.34. The van der Waals surface area contributed by atoms with Crippen molar-refractivity contribution >= 4 is 22.4 Å². The van der Waals surface area contributed by atoms with Crippen molar-refractivity contribution in [2.24, 2.45) is 0 Å². The van der Waals surface area contributed by atoms with E-state index in [-0.39, 0.29) is 0 Å². The second kappa shape index (κ2) is 7.62. The van der Waals surface area contributed by atoms with E-state index in [2.05, 4.69) is 15.3 Å². The molecule has 0 radical (unpaired) electrons. The molecule has 0 aliphatic rings. The summed E-state index contributed by atoms with van der Waals surface area (Å²) < 4.78 is 49.5. The van der Waals surface area contributed by atoms with E-state index in [4.69, 9.17) is 9.47 Å². The number of ether oxygens (including phenoxy) is 2. The van der Waals surface area contributed by atoms with Crippen molar-refractivity contribution in [3.05, 3.63) is 66.4 Å². The van der Waals surface area contributed by atoms with Crippen molar-refractivity contribution in [3.63, 3.8) is 0 Å². The number of hydrogen-bond donors (Lipinski definition) is 2. The summed E-state index contributed by atoms with van der Waals surface area (Å²) in [6.45, 7) is 0. The molecule has 2 N–H and O–H groups in total. The number of rotatable bonds is 5. The SMILES string of the molecule is COc1ccc(Nc2cc3[nH]c(-c4cccc(C(F)(F)F)c4)cc3cn2)cc1OC. The summed E-state index contributed by atoms with van der Waals surface area (Å²) in [5.74, 6) is 1.77. The van der Waals surface area contributed by atoms with Crippen molar-refractivity contribution in [2.75, 3.05) is 19.5 Å². The van der Waals surface area contributed by atoms with E-state index in [0.717, 1.165) is 28.7 Å². The van der Waals surface area contributed by atoms with E-state index in [1.165, 1.54) is 6.07 Å². The number of fused-ring (bicyclic) bond motifs is 1. The average Bonchev–Trinajstić information content (AvgIpc) is 3.16. The summed E-state index contributed by atoms with van der Waals surface area (Å²) in [5, 5.41) is 3.98. The van der Waals surface area contributed by atoms with Crippen LogP contribution in [-0.4, -0.2) is 24.2 Å². The van der Waals surface area contributed by atoms with Gasteiger partial charge in [0.1, 0.15) is 5.82 Å². The molecule has 2 aromatic heterocycles. The summed E-state index contributed by atoms with van der Waals surface area (Å²) in [4.78, 5) is 7.55. The van der Waals surface area contributed by atoms with E-state index in [0.29, 0.717) is 28.6 Å². The minimum atomic E-state index is -4.39. The van der Waals surface area contributed by atoms with Gasteiger partial charge in [0.25, 0.3) is 0 Å². The van der Waals surface area contributed by atoms with E-state index >= 15 is 0 Å². The maximum Gasteiger partial charge on any atom is 0.416 e. The third-order valence-corrected chi connectivity index (χ3v) is 4.66. The van der Waals surface area contributed by atoms with Gasteiger partial charge >= 0.3 is 6.18 Å². The number of hydrogen-bond acceptors (Lipinski definition) is 4. The third-order valence-electron chi connectivity index (χ3n) is 4.66. The van der Waals surface area contributed by atoms with E-state index in [9.17, 15) is 13.2 Å². The van der Waals surface area contributed by atoms with Gasteiger partial charge in [0.2, 0.25) is 0 Å². The highest BCUT2D eigenvalue weighted by atomic mass is 19.4. The van der Waals surface area contributed by atoms with Gasteiger partial charge in [-0.3, -0.25) is 0 Å². The number of nitrogens with one attached hydrogen (secondary N) is 2. The minimum Gasteiger partial charge on any atom is -0.493 e. The van der Waals surface area contributed by atoms with E-state index < -0.39 is 11.7 Å². The molecule has 0 fully saturated rings. The molecule has 5 nitrogen and oxygen atoms in total. The molecule has 0 unspecified atom stereocenters. The van der Waals surface area contributed by atoms with Crippen molar-refractivity contribution < 1.29 is 22.6 Å². The van der Waals surface area contributed by atoms with Gasteiger partial charge in [-0.1, -0.05) is 12.1 Å². The standard InChI is InChI=1S/C22H18F3N3O2/c1-29-19-7-6-16(10-20(19)30-2)27-21-11-18-14(12-26-21)9-17(28-18)13-4-3-5-15(8-13)22(23,24)25/h3-12,28H,1-2H3,(H,26,27).